The van der Waals surface area contributed by atoms with E-state index in [0.717, 1.165) is 24.9 Å². The van der Waals surface area contributed by atoms with E-state index < -0.39 is 5.97 Å². The van der Waals surface area contributed by atoms with Gasteiger partial charge >= 0.3 is 5.97 Å². The van der Waals surface area contributed by atoms with Gasteiger partial charge in [-0.2, -0.15) is 5.10 Å². The Morgan fingerprint density at radius 1 is 1.20 bits per heavy atom. The van der Waals surface area contributed by atoms with Crippen LogP contribution in [0.25, 0.3) is 5.69 Å². The lowest BCUT2D eigenvalue weighted by atomic mass is 9.90. The second-order valence-electron chi connectivity index (χ2n) is 6.90. The van der Waals surface area contributed by atoms with Crippen molar-refractivity contribution >= 4 is 23.5 Å². The lowest BCUT2D eigenvalue weighted by Crippen LogP contribution is -2.39. The maximum Gasteiger partial charge on any atom is 0.307 e. The van der Waals surface area contributed by atoms with Crippen LogP contribution in [0.2, 0.25) is 5.02 Å². The van der Waals surface area contributed by atoms with E-state index in [1.54, 1.807) is 34.1 Å². The maximum atomic E-state index is 12.7. The van der Waals surface area contributed by atoms with Gasteiger partial charge in [-0.3, -0.25) is 9.59 Å². The van der Waals surface area contributed by atoms with Gasteiger partial charge in [0.1, 0.15) is 0 Å². The van der Waals surface area contributed by atoms with Crippen molar-refractivity contribution in [1.82, 2.24) is 14.7 Å². The highest BCUT2D eigenvalue weighted by atomic mass is 35.5. The van der Waals surface area contributed by atoms with Gasteiger partial charge < -0.3 is 10.0 Å². The molecule has 0 radical (unpaired) electrons. The fraction of sp³-hybridized carbons (Fsp3) is 0.389. The Labute approximate surface area is 150 Å². The van der Waals surface area contributed by atoms with Gasteiger partial charge in [0.15, 0.2) is 0 Å². The van der Waals surface area contributed by atoms with E-state index in [1.165, 1.54) is 0 Å². The van der Waals surface area contributed by atoms with Crippen LogP contribution in [0.3, 0.4) is 0 Å². The number of aliphatic carboxylic acids is 1. The molecule has 1 amide bonds. The van der Waals surface area contributed by atoms with Crippen molar-refractivity contribution in [3.63, 3.8) is 0 Å². The minimum absolute atomic E-state index is 0.0532. The molecule has 1 N–H and O–H groups in total. The number of benzene rings is 1. The molecule has 25 heavy (non-hydrogen) atoms. The van der Waals surface area contributed by atoms with Gasteiger partial charge in [-0.05, 0) is 48.9 Å². The van der Waals surface area contributed by atoms with Gasteiger partial charge in [-0.15, -0.1) is 0 Å². The molecule has 6 nitrogen and oxygen atoms in total. The lowest BCUT2D eigenvalue weighted by molar-refractivity contribution is -0.139. The summed E-state index contributed by atoms with van der Waals surface area (Å²) in [4.78, 5) is 25.6. The highest BCUT2D eigenvalue weighted by Gasteiger charge is 2.59. The van der Waals surface area contributed by atoms with Crippen LogP contribution >= 0.6 is 11.6 Å². The first-order valence-corrected chi connectivity index (χ1v) is 8.69. The van der Waals surface area contributed by atoms with E-state index in [0.29, 0.717) is 23.7 Å². The second kappa shape index (κ2) is 5.88. The number of piperidine rings is 1. The number of hydrogen-bond donors (Lipinski definition) is 1. The van der Waals surface area contributed by atoms with E-state index in [9.17, 15) is 9.59 Å². The number of carboxylic acid groups (broad SMARTS) is 1. The molecule has 4 rings (SSSR count). The molecule has 2 heterocycles. The Balaban J connectivity index is 1.42. The number of carboxylic acids is 1. The number of nitrogens with zero attached hydrogens (tertiary/aromatic N) is 3. The van der Waals surface area contributed by atoms with Gasteiger partial charge in [0.25, 0.3) is 5.91 Å². The molecular formula is C18H18ClN3O3. The number of likely N-dealkylation sites (tertiary alicyclic amines) is 1. The Kier molecular flexibility index (Phi) is 3.80. The normalized spacial score (nSPS) is 21.3. The summed E-state index contributed by atoms with van der Waals surface area (Å²) in [6.07, 6.45) is 5.56. The molecule has 1 unspecified atom stereocenters. The van der Waals surface area contributed by atoms with Gasteiger partial charge in [0.05, 0.1) is 23.4 Å². The summed E-state index contributed by atoms with van der Waals surface area (Å²) in [5.41, 5.74) is 1.30. The van der Waals surface area contributed by atoms with E-state index in [-0.39, 0.29) is 17.2 Å². The molecular weight excluding hydrogens is 342 g/mol. The summed E-state index contributed by atoms with van der Waals surface area (Å²) in [6, 6.07) is 7.23. The molecule has 1 atom stereocenters. The molecule has 7 heteroatoms. The minimum atomic E-state index is -0.705. The van der Waals surface area contributed by atoms with E-state index in [1.807, 2.05) is 12.1 Å². The fourth-order valence-electron chi connectivity index (χ4n) is 3.76. The number of amides is 1. The molecule has 1 spiro atoms. The predicted molar refractivity (Wildman–Crippen MR) is 91.9 cm³/mol. The zero-order valence-corrected chi connectivity index (χ0v) is 14.3. The molecule has 130 valence electrons. The molecule has 0 bridgehead atoms. The Morgan fingerprint density at radius 3 is 2.48 bits per heavy atom. The number of carbonyl (C=O) groups excluding carboxylic acids is 1. The zero-order valence-electron chi connectivity index (χ0n) is 13.6. The quantitative estimate of drug-likeness (QED) is 0.914. The van der Waals surface area contributed by atoms with Crippen LogP contribution in [0, 0.1) is 11.3 Å². The first-order chi connectivity index (χ1) is 12.0. The van der Waals surface area contributed by atoms with Crippen LogP contribution in [-0.4, -0.2) is 44.8 Å². The van der Waals surface area contributed by atoms with Crippen LogP contribution in [0.5, 0.6) is 0 Å². The number of halogens is 1. The minimum Gasteiger partial charge on any atom is -0.481 e. The predicted octanol–water partition coefficient (Wildman–Crippen LogP) is 2.85. The van der Waals surface area contributed by atoms with Crippen molar-refractivity contribution < 1.29 is 14.7 Å². The summed E-state index contributed by atoms with van der Waals surface area (Å²) >= 11 is 5.89. The topological polar surface area (TPSA) is 75.4 Å². The molecule has 1 saturated carbocycles. The van der Waals surface area contributed by atoms with Crippen molar-refractivity contribution in [2.24, 2.45) is 11.3 Å². The summed E-state index contributed by atoms with van der Waals surface area (Å²) in [5.74, 6) is -0.982. The first-order valence-electron chi connectivity index (χ1n) is 8.31. The SMILES string of the molecule is O=C(O)C1CC12CCN(C(=O)c1cnn(-c3ccc(Cl)cc3)c1)CC2. The van der Waals surface area contributed by atoms with Crippen molar-refractivity contribution in [3.8, 4) is 5.69 Å². The van der Waals surface area contributed by atoms with Crippen LogP contribution in [0.4, 0.5) is 0 Å². The van der Waals surface area contributed by atoms with Crippen LogP contribution in [0.15, 0.2) is 36.7 Å². The summed E-state index contributed by atoms with van der Waals surface area (Å²) < 4.78 is 1.65. The van der Waals surface area contributed by atoms with Gasteiger partial charge in [0.2, 0.25) is 0 Å². The molecule has 1 aromatic heterocycles. The van der Waals surface area contributed by atoms with E-state index in [4.69, 9.17) is 16.7 Å². The number of rotatable bonds is 3. The molecule has 1 saturated heterocycles. The van der Waals surface area contributed by atoms with Gasteiger partial charge in [-0.1, -0.05) is 11.6 Å². The molecule has 2 aromatic rings. The molecule has 1 aromatic carbocycles. The first kappa shape index (κ1) is 16.1. The van der Waals surface area contributed by atoms with Crippen LogP contribution < -0.4 is 0 Å². The molecule has 2 fully saturated rings. The van der Waals surface area contributed by atoms with Crippen molar-refractivity contribution in [2.75, 3.05) is 13.1 Å². The lowest BCUT2D eigenvalue weighted by Gasteiger charge is -2.32. The average Bonchev–Trinajstić information content (AvgIpc) is 3.09. The second-order valence-corrected chi connectivity index (χ2v) is 7.34. The Hall–Kier alpha value is -2.34. The van der Waals surface area contributed by atoms with Crippen LogP contribution in [-0.2, 0) is 4.79 Å². The fourth-order valence-corrected chi connectivity index (χ4v) is 3.88. The van der Waals surface area contributed by atoms with Crippen molar-refractivity contribution in [2.45, 2.75) is 19.3 Å². The third-order valence-electron chi connectivity index (χ3n) is 5.45. The highest BCUT2D eigenvalue weighted by molar-refractivity contribution is 6.30. The summed E-state index contributed by atoms with van der Waals surface area (Å²) in [6.45, 7) is 1.21. The van der Waals surface area contributed by atoms with Crippen molar-refractivity contribution in [3.05, 3.63) is 47.2 Å². The monoisotopic (exact) mass is 359 g/mol. The van der Waals surface area contributed by atoms with Gasteiger partial charge in [-0.25, -0.2) is 4.68 Å². The number of hydrogen-bond acceptors (Lipinski definition) is 3. The molecule has 1 aliphatic carbocycles. The summed E-state index contributed by atoms with van der Waals surface area (Å²) in [5, 5.41) is 14.1. The molecule has 1 aliphatic heterocycles. The third kappa shape index (κ3) is 2.91. The average molecular weight is 360 g/mol. The Bertz CT molecular complexity index is 822. The zero-order chi connectivity index (χ0) is 17.6. The standard InChI is InChI=1S/C18H18ClN3O3/c19-13-1-3-14(4-2-13)22-11-12(10-20-22)16(23)21-7-5-18(6-8-21)9-15(18)17(24)25/h1-4,10-11,15H,5-9H2,(H,24,25). The van der Waals surface area contributed by atoms with Crippen LogP contribution in [0.1, 0.15) is 29.6 Å². The third-order valence-corrected chi connectivity index (χ3v) is 5.71. The number of aromatic nitrogens is 2. The van der Waals surface area contributed by atoms with Gasteiger partial charge in [0, 0.05) is 24.3 Å². The smallest absolute Gasteiger partial charge is 0.307 e. The largest absolute Gasteiger partial charge is 0.481 e. The summed E-state index contributed by atoms with van der Waals surface area (Å²) in [7, 11) is 0. The van der Waals surface area contributed by atoms with Crippen molar-refractivity contribution in [1.29, 1.82) is 0 Å². The number of carbonyl (C=O) groups is 2. The van der Waals surface area contributed by atoms with E-state index >= 15 is 0 Å². The van der Waals surface area contributed by atoms with E-state index in [2.05, 4.69) is 5.10 Å². The highest BCUT2D eigenvalue weighted by Crippen LogP contribution is 2.59. The maximum absolute atomic E-state index is 12.7. The Morgan fingerprint density at radius 2 is 1.88 bits per heavy atom. The molecule has 2 aliphatic rings.